The van der Waals surface area contributed by atoms with Crippen molar-refractivity contribution in [2.24, 2.45) is 0 Å². The van der Waals surface area contributed by atoms with Crippen LogP contribution in [0.3, 0.4) is 0 Å². The summed E-state index contributed by atoms with van der Waals surface area (Å²) in [6.45, 7) is 9.92. The average Bonchev–Trinajstić information content (AvgIpc) is 2.95. The van der Waals surface area contributed by atoms with Gasteiger partial charge in [0.2, 0.25) is 11.8 Å². The minimum absolute atomic E-state index is 0.0913. The molecule has 3 aromatic rings. The molecule has 0 bridgehead atoms. The van der Waals surface area contributed by atoms with Crippen LogP contribution < -0.4 is 9.62 Å². The van der Waals surface area contributed by atoms with Gasteiger partial charge in [0.25, 0.3) is 10.0 Å². The first-order chi connectivity index (χ1) is 19.4. The summed E-state index contributed by atoms with van der Waals surface area (Å²) in [5.74, 6) is -0.492. The Balaban J connectivity index is 2.01. The van der Waals surface area contributed by atoms with E-state index in [1.165, 1.54) is 4.90 Å². The highest BCUT2D eigenvalue weighted by atomic mass is 79.9. The topological polar surface area (TPSA) is 86.8 Å². The lowest BCUT2D eigenvalue weighted by Crippen LogP contribution is -2.51. The quantitative estimate of drug-likeness (QED) is 0.219. The van der Waals surface area contributed by atoms with Crippen LogP contribution in [0.25, 0.3) is 0 Å². The highest BCUT2D eigenvalue weighted by molar-refractivity contribution is 9.10. The molecule has 0 aliphatic heterocycles. The zero-order valence-corrected chi connectivity index (χ0v) is 26.8. The van der Waals surface area contributed by atoms with Crippen LogP contribution in [0.2, 0.25) is 0 Å². The molecule has 0 radical (unpaired) electrons. The summed E-state index contributed by atoms with van der Waals surface area (Å²) in [4.78, 5) is 28.6. The van der Waals surface area contributed by atoms with Gasteiger partial charge < -0.3 is 10.2 Å². The highest BCUT2D eigenvalue weighted by Gasteiger charge is 2.32. The van der Waals surface area contributed by atoms with Crippen molar-refractivity contribution >= 4 is 43.5 Å². The number of sulfonamides is 1. The minimum atomic E-state index is -4.10. The number of rotatable bonds is 13. The molecule has 0 aromatic heterocycles. The molecular weight excluding hydrogens is 602 g/mol. The van der Waals surface area contributed by atoms with Crippen LogP contribution >= 0.6 is 15.9 Å². The van der Waals surface area contributed by atoms with Crippen molar-refractivity contribution in [3.8, 4) is 0 Å². The SMILES string of the molecule is CCCCNC(=O)C(C)N(Cc1ccc(Br)cc1)C(=O)CN(c1ccc(C(C)C)cc1)S(=O)(=O)c1ccc(C)cc1. The number of carbonyl (C=O) groups is 2. The Morgan fingerprint density at radius 3 is 2.07 bits per heavy atom. The van der Waals surface area contributed by atoms with Crippen molar-refractivity contribution in [1.29, 1.82) is 0 Å². The number of carbonyl (C=O) groups excluding carboxylic acids is 2. The molecule has 0 saturated heterocycles. The normalized spacial score (nSPS) is 12.2. The highest BCUT2D eigenvalue weighted by Crippen LogP contribution is 2.27. The lowest BCUT2D eigenvalue weighted by Gasteiger charge is -2.32. The lowest BCUT2D eigenvalue weighted by atomic mass is 10.0. The molecule has 0 heterocycles. The van der Waals surface area contributed by atoms with Crippen LogP contribution in [0.4, 0.5) is 5.69 Å². The zero-order valence-electron chi connectivity index (χ0n) is 24.4. The first-order valence-corrected chi connectivity index (χ1v) is 16.2. The number of nitrogens with one attached hydrogen (secondary N) is 1. The summed E-state index contributed by atoms with van der Waals surface area (Å²) in [7, 11) is -4.10. The Hall–Kier alpha value is -3.17. The van der Waals surface area contributed by atoms with E-state index in [1.54, 1.807) is 43.3 Å². The van der Waals surface area contributed by atoms with Gasteiger partial charge in [0, 0.05) is 17.6 Å². The maximum Gasteiger partial charge on any atom is 0.264 e. The molecule has 0 saturated carbocycles. The van der Waals surface area contributed by atoms with Crippen molar-refractivity contribution < 1.29 is 18.0 Å². The van der Waals surface area contributed by atoms with E-state index in [9.17, 15) is 18.0 Å². The maximum atomic E-state index is 14.0. The number of hydrogen-bond donors (Lipinski definition) is 1. The van der Waals surface area contributed by atoms with Gasteiger partial charge in [-0.25, -0.2) is 8.42 Å². The van der Waals surface area contributed by atoms with Gasteiger partial charge >= 0.3 is 0 Å². The van der Waals surface area contributed by atoms with E-state index in [-0.39, 0.29) is 23.3 Å². The van der Waals surface area contributed by atoms with Gasteiger partial charge in [0.1, 0.15) is 12.6 Å². The van der Waals surface area contributed by atoms with E-state index < -0.39 is 28.5 Å². The van der Waals surface area contributed by atoms with Crippen LogP contribution in [0.5, 0.6) is 0 Å². The first kappa shape index (κ1) is 32.3. The van der Waals surface area contributed by atoms with Gasteiger partial charge in [-0.05, 0) is 73.7 Å². The number of benzene rings is 3. The molecule has 1 unspecified atom stereocenters. The molecular formula is C32H40BrN3O4S. The molecule has 9 heteroatoms. The van der Waals surface area contributed by atoms with Crippen LogP contribution in [-0.2, 0) is 26.2 Å². The van der Waals surface area contributed by atoms with Crippen molar-refractivity contribution in [3.05, 3.63) is 94.0 Å². The van der Waals surface area contributed by atoms with Gasteiger partial charge in [-0.3, -0.25) is 13.9 Å². The Labute approximate surface area is 253 Å². The van der Waals surface area contributed by atoms with E-state index in [4.69, 9.17) is 0 Å². The molecule has 0 fully saturated rings. The van der Waals surface area contributed by atoms with Crippen molar-refractivity contribution in [2.75, 3.05) is 17.4 Å². The zero-order chi connectivity index (χ0) is 30.2. The van der Waals surface area contributed by atoms with Crippen LogP contribution in [0.1, 0.15) is 63.1 Å². The average molecular weight is 643 g/mol. The molecule has 3 aromatic carbocycles. The molecule has 1 atom stereocenters. The maximum absolute atomic E-state index is 14.0. The number of aryl methyl sites for hydroxylation is 1. The summed E-state index contributed by atoms with van der Waals surface area (Å²) < 4.78 is 30.0. The summed E-state index contributed by atoms with van der Waals surface area (Å²) in [5, 5.41) is 2.90. The number of hydrogen-bond acceptors (Lipinski definition) is 4. The number of unbranched alkanes of at least 4 members (excludes halogenated alkanes) is 1. The second-order valence-corrected chi connectivity index (χ2v) is 13.3. The predicted octanol–water partition coefficient (Wildman–Crippen LogP) is 6.41. The third kappa shape index (κ3) is 8.66. The summed E-state index contributed by atoms with van der Waals surface area (Å²) in [5.41, 5.74) is 3.19. The minimum Gasteiger partial charge on any atom is -0.354 e. The lowest BCUT2D eigenvalue weighted by molar-refractivity contribution is -0.139. The number of anilines is 1. The smallest absolute Gasteiger partial charge is 0.264 e. The third-order valence-electron chi connectivity index (χ3n) is 7.00. The van der Waals surface area contributed by atoms with Gasteiger partial charge in [-0.15, -0.1) is 0 Å². The fraction of sp³-hybridized carbons (Fsp3) is 0.375. The Morgan fingerprint density at radius 1 is 0.902 bits per heavy atom. The number of amides is 2. The molecule has 7 nitrogen and oxygen atoms in total. The van der Waals surface area contributed by atoms with E-state index >= 15 is 0 Å². The Morgan fingerprint density at radius 2 is 1.51 bits per heavy atom. The molecule has 220 valence electrons. The van der Waals surface area contributed by atoms with Gasteiger partial charge in [-0.2, -0.15) is 0 Å². The van der Waals surface area contributed by atoms with Crippen molar-refractivity contribution in [2.45, 2.75) is 70.9 Å². The third-order valence-corrected chi connectivity index (χ3v) is 9.32. The second-order valence-electron chi connectivity index (χ2n) is 10.5. The second kappa shape index (κ2) is 14.6. The first-order valence-electron chi connectivity index (χ1n) is 13.9. The standard InChI is InChI=1S/C32H40BrN3O4S/c1-6-7-20-34-32(38)25(5)35(21-26-10-14-28(33)15-11-26)31(37)22-36(29-16-12-27(13-17-29)23(2)3)41(39,40)30-18-8-24(4)9-19-30/h8-19,23,25H,6-7,20-22H2,1-5H3,(H,34,38). The Kier molecular flexibility index (Phi) is 11.5. The summed E-state index contributed by atoms with van der Waals surface area (Å²) in [6, 6.07) is 20.5. The fourth-order valence-corrected chi connectivity index (χ4v) is 5.98. The summed E-state index contributed by atoms with van der Waals surface area (Å²) in [6.07, 6.45) is 1.76. The van der Waals surface area contributed by atoms with E-state index in [1.807, 2.05) is 50.2 Å². The molecule has 1 N–H and O–H groups in total. The largest absolute Gasteiger partial charge is 0.354 e. The van der Waals surface area contributed by atoms with E-state index in [0.29, 0.717) is 12.2 Å². The van der Waals surface area contributed by atoms with Crippen LogP contribution in [0, 0.1) is 6.92 Å². The van der Waals surface area contributed by atoms with Gasteiger partial charge in [-0.1, -0.05) is 85.1 Å². The molecule has 41 heavy (non-hydrogen) atoms. The monoisotopic (exact) mass is 641 g/mol. The number of halogens is 1. The number of nitrogens with zero attached hydrogens (tertiary/aromatic N) is 2. The van der Waals surface area contributed by atoms with Crippen LogP contribution in [0.15, 0.2) is 82.2 Å². The molecule has 0 spiro atoms. The fourth-order valence-electron chi connectivity index (χ4n) is 4.30. The predicted molar refractivity (Wildman–Crippen MR) is 168 cm³/mol. The molecule has 0 aliphatic carbocycles. The molecule has 0 aliphatic rings. The summed E-state index contributed by atoms with van der Waals surface area (Å²) >= 11 is 3.43. The van der Waals surface area contributed by atoms with E-state index in [0.717, 1.165) is 38.3 Å². The van der Waals surface area contributed by atoms with Crippen molar-refractivity contribution in [3.63, 3.8) is 0 Å². The molecule has 2 amide bonds. The van der Waals surface area contributed by atoms with Crippen molar-refractivity contribution in [1.82, 2.24) is 10.2 Å². The van der Waals surface area contributed by atoms with Gasteiger partial charge in [0.05, 0.1) is 10.6 Å². The van der Waals surface area contributed by atoms with E-state index in [2.05, 4.69) is 35.1 Å². The molecule has 3 rings (SSSR count). The van der Waals surface area contributed by atoms with Crippen LogP contribution in [-0.4, -0.2) is 44.3 Å². The van der Waals surface area contributed by atoms with Gasteiger partial charge in [0.15, 0.2) is 0 Å². The Bertz CT molecular complexity index is 1410.